The molecule has 1 aliphatic carbocycles. The Hall–Kier alpha value is -3.19. The van der Waals surface area contributed by atoms with E-state index in [4.69, 9.17) is 32.7 Å². The van der Waals surface area contributed by atoms with Crippen molar-refractivity contribution in [1.82, 2.24) is 4.31 Å². The molecule has 43 heavy (non-hydrogen) atoms. The van der Waals surface area contributed by atoms with Crippen molar-refractivity contribution in [2.24, 2.45) is 5.92 Å². The molecule has 14 heteroatoms. The number of sulfonamides is 1. The third kappa shape index (κ3) is 6.67. The second-order valence-electron chi connectivity index (χ2n) is 10.9. The summed E-state index contributed by atoms with van der Waals surface area (Å²) in [6.45, 7) is -0.0503. The summed E-state index contributed by atoms with van der Waals surface area (Å²) >= 11 is 12.6. The van der Waals surface area contributed by atoms with E-state index in [1.807, 2.05) is 0 Å². The number of carbonyl (C=O) groups excluding carboxylic acids is 1. The summed E-state index contributed by atoms with van der Waals surface area (Å²) in [7, 11) is -4.01. The van der Waals surface area contributed by atoms with Crippen molar-refractivity contribution in [2.75, 3.05) is 13.2 Å². The van der Waals surface area contributed by atoms with Gasteiger partial charge in [-0.2, -0.15) is 17.8 Å². The standard InChI is InChI=1S/C29H28Cl2F2N2O7S/c1-29(2)20-5-3-4-6-26(20)43(38,39)35(29)15-27(36)41-24(12-19-21(30)13-34(37)14-22(19)31)18-9-10-23(42-28(32)33)25(11-18)40-16-17-7-8-17/h3-6,9-11,13-14,17,24,28H,7-8,12,15-16H2,1-2H3/t24-/m0/s1. The second-order valence-corrected chi connectivity index (χ2v) is 13.5. The van der Waals surface area contributed by atoms with E-state index < -0.39 is 40.8 Å². The van der Waals surface area contributed by atoms with E-state index in [1.165, 1.54) is 24.3 Å². The minimum Gasteiger partial charge on any atom is -0.619 e. The third-order valence-electron chi connectivity index (χ3n) is 7.46. The van der Waals surface area contributed by atoms with Crippen LogP contribution < -0.4 is 14.2 Å². The Morgan fingerprint density at radius 2 is 1.79 bits per heavy atom. The molecular weight excluding hydrogens is 629 g/mol. The van der Waals surface area contributed by atoms with Crippen LogP contribution in [0, 0.1) is 11.1 Å². The molecule has 5 rings (SSSR count). The van der Waals surface area contributed by atoms with Crippen molar-refractivity contribution in [3.8, 4) is 11.5 Å². The molecule has 1 fully saturated rings. The highest BCUT2D eigenvalue weighted by Crippen LogP contribution is 2.44. The molecule has 3 aromatic rings. The Morgan fingerprint density at radius 3 is 2.42 bits per heavy atom. The monoisotopic (exact) mass is 656 g/mol. The lowest BCUT2D eigenvalue weighted by Gasteiger charge is -2.30. The molecule has 9 nitrogen and oxygen atoms in total. The molecule has 0 radical (unpaired) electrons. The van der Waals surface area contributed by atoms with Gasteiger partial charge in [0.25, 0.3) is 0 Å². The summed E-state index contributed by atoms with van der Waals surface area (Å²) in [5, 5.41) is 11.8. The van der Waals surface area contributed by atoms with Gasteiger partial charge < -0.3 is 19.4 Å². The SMILES string of the molecule is CC1(C)c2ccccc2S(=O)(=O)N1CC(=O)O[C@@H](Cc1c(Cl)c[n+]([O-])cc1Cl)c1ccc(OC(F)F)c(OCC2CC2)c1. The summed E-state index contributed by atoms with van der Waals surface area (Å²) in [6.07, 6.45) is 2.82. The number of halogens is 4. The van der Waals surface area contributed by atoms with Crippen molar-refractivity contribution in [3.05, 3.63) is 86.8 Å². The topological polar surface area (TPSA) is 109 Å². The zero-order valence-electron chi connectivity index (χ0n) is 23.1. The number of carbonyl (C=O) groups is 1. The van der Waals surface area contributed by atoms with Crippen LogP contribution in [-0.2, 0) is 31.5 Å². The molecule has 2 heterocycles. The van der Waals surface area contributed by atoms with Gasteiger partial charge in [0.1, 0.15) is 22.7 Å². The second kappa shape index (κ2) is 12.1. The van der Waals surface area contributed by atoms with Crippen LogP contribution >= 0.6 is 23.2 Å². The van der Waals surface area contributed by atoms with Crippen molar-refractivity contribution >= 4 is 39.2 Å². The fraction of sp³-hybridized carbons (Fsp3) is 0.379. The zero-order valence-corrected chi connectivity index (χ0v) is 25.5. The lowest BCUT2D eigenvalue weighted by atomic mass is 9.94. The van der Waals surface area contributed by atoms with Crippen molar-refractivity contribution in [1.29, 1.82) is 0 Å². The maximum atomic E-state index is 13.4. The number of esters is 1. The molecule has 2 aliphatic rings. The smallest absolute Gasteiger partial charge is 0.387 e. The number of hydrogen-bond donors (Lipinski definition) is 0. The van der Waals surface area contributed by atoms with E-state index >= 15 is 0 Å². The number of alkyl halides is 2. The molecule has 0 unspecified atom stereocenters. The molecule has 0 saturated heterocycles. The predicted molar refractivity (Wildman–Crippen MR) is 153 cm³/mol. The fourth-order valence-electron chi connectivity index (χ4n) is 5.01. The van der Waals surface area contributed by atoms with Crippen LogP contribution in [0.3, 0.4) is 0 Å². The molecular formula is C29H28Cl2F2N2O7S. The molecule has 0 N–H and O–H groups in total. The van der Waals surface area contributed by atoms with Crippen molar-refractivity contribution in [2.45, 2.75) is 56.3 Å². The van der Waals surface area contributed by atoms with E-state index in [0.717, 1.165) is 29.5 Å². The molecule has 1 aliphatic heterocycles. The highest BCUT2D eigenvalue weighted by Gasteiger charge is 2.49. The lowest BCUT2D eigenvalue weighted by Crippen LogP contribution is -2.43. The van der Waals surface area contributed by atoms with Gasteiger partial charge in [0.05, 0.1) is 17.0 Å². The number of nitrogens with zero attached hydrogens (tertiary/aromatic N) is 2. The average Bonchev–Trinajstić information content (AvgIpc) is 3.74. The predicted octanol–water partition coefficient (Wildman–Crippen LogP) is 5.78. The van der Waals surface area contributed by atoms with Crippen LogP contribution in [0.15, 0.2) is 59.8 Å². The van der Waals surface area contributed by atoms with Gasteiger partial charge in [-0.25, -0.2) is 8.42 Å². The van der Waals surface area contributed by atoms with Gasteiger partial charge in [0.15, 0.2) is 23.9 Å². The fourth-order valence-corrected chi connectivity index (χ4v) is 7.67. The van der Waals surface area contributed by atoms with Crippen LogP contribution in [0.4, 0.5) is 8.78 Å². The van der Waals surface area contributed by atoms with E-state index in [0.29, 0.717) is 21.8 Å². The highest BCUT2D eigenvalue weighted by molar-refractivity contribution is 7.89. The van der Waals surface area contributed by atoms with E-state index in [-0.39, 0.29) is 45.0 Å². The van der Waals surface area contributed by atoms with Crippen LogP contribution in [0.1, 0.15) is 49.5 Å². The highest BCUT2D eigenvalue weighted by atomic mass is 35.5. The van der Waals surface area contributed by atoms with Crippen LogP contribution in [0.25, 0.3) is 0 Å². The lowest BCUT2D eigenvalue weighted by molar-refractivity contribution is -0.605. The molecule has 0 amide bonds. The maximum Gasteiger partial charge on any atom is 0.387 e. The van der Waals surface area contributed by atoms with E-state index in [1.54, 1.807) is 32.0 Å². The molecule has 0 bridgehead atoms. The average molecular weight is 658 g/mol. The quantitative estimate of drug-likeness (QED) is 0.146. The van der Waals surface area contributed by atoms with Gasteiger partial charge in [-0.3, -0.25) is 4.79 Å². The minimum atomic E-state index is -4.01. The summed E-state index contributed by atoms with van der Waals surface area (Å²) < 4.78 is 70.7. The number of hydrogen-bond acceptors (Lipinski definition) is 7. The Kier molecular flexibility index (Phi) is 8.77. The first-order valence-corrected chi connectivity index (χ1v) is 15.6. The summed E-state index contributed by atoms with van der Waals surface area (Å²) in [6, 6.07) is 10.6. The van der Waals surface area contributed by atoms with Gasteiger partial charge in [-0.05, 0) is 61.9 Å². The Morgan fingerprint density at radius 1 is 1.12 bits per heavy atom. The van der Waals surface area contributed by atoms with Crippen LogP contribution in [-0.4, -0.2) is 38.5 Å². The first kappa shape index (κ1) is 31.2. The van der Waals surface area contributed by atoms with Crippen molar-refractivity contribution in [3.63, 3.8) is 0 Å². The molecule has 1 atom stereocenters. The Labute approximate surface area is 257 Å². The number of fused-ring (bicyclic) bond motifs is 1. The number of aromatic nitrogens is 1. The van der Waals surface area contributed by atoms with Crippen molar-refractivity contribution < 1.29 is 40.9 Å². The van der Waals surface area contributed by atoms with Gasteiger partial charge >= 0.3 is 12.6 Å². The number of benzene rings is 2. The molecule has 2 aromatic carbocycles. The number of pyridine rings is 1. The Bertz CT molecular complexity index is 1630. The molecule has 230 valence electrons. The first-order chi connectivity index (χ1) is 20.3. The van der Waals surface area contributed by atoms with E-state index in [9.17, 15) is 27.2 Å². The van der Waals surface area contributed by atoms with Gasteiger partial charge in [0, 0.05) is 12.0 Å². The minimum absolute atomic E-state index is 0.00473. The van der Waals surface area contributed by atoms with Gasteiger partial charge in [-0.1, -0.05) is 47.5 Å². The number of rotatable bonds is 11. The van der Waals surface area contributed by atoms with Crippen LogP contribution in [0.2, 0.25) is 10.0 Å². The summed E-state index contributed by atoms with van der Waals surface area (Å²) in [4.78, 5) is 13.5. The number of ether oxygens (including phenoxy) is 3. The zero-order chi connectivity index (χ0) is 31.1. The summed E-state index contributed by atoms with van der Waals surface area (Å²) in [5.74, 6) is -0.764. The molecule has 0 spiro atoms. The normalized spacial score (nSPS) is 17.8. The van der Waals surface area contributed by atoms with Gasteiger partial charge in [-0.15, -0.1) is 0 Å². The van der Waals surface area contributed by atoms with Gasteiger partial charge in [0.2, 0.25) is 10.0 Å². The van der Waals surface area contributed by atoms with E-state index in [2.05, 4.69) is 4.74 Å². The first-order valence-electron chi connectivity index (χ1n) is 13.4. The molecule has 1 aromatic heterocycles. The Balaban J connectivity index is 1.47. The summed E-state index contributed by atoms with van der Waals surface area (Å²) in [5.41, 5.74) is 0.0948. The molecule has 1 saturated carbocycles. The largest absolute Gasteiger partial charge is 0.619 e. The van der Waals surface area contributed by atoms with Crippen LogP contribution in [0.5, 0.6) is 11.5 Å². The maximum absolute atomic E-state index is 13.4. The third-order valence-corrected chi connectivity index (χ3v) is 10.2.